The molecule has 8 nitrogen and oxygen atoms in total. The van der Waals surface area contributed by atoms with Gasteiger partial charge in [-0.2, -0.15) is 4.98 Å². The highest BCUT2D eigenvalue weighted by molar-refractivity contribution is 6.01. The third kappa shape index (κ3) is 3.32. The Morgan fingerprint density at radius 2 is 2.12 bits per heavy atom. The Labute approximate surface area is 133 Å². The molecule has 0 saturated carbocycles. The Morgan fingerprint density at radius 3 is 2.75 bits per heavy atom. The minimum atomic E-state index is -2.69. The van der Waals surface area contributed by atoms with Crippen LogP contribution in [0, 0.1) is 0 Å². The molecule has 0 unspecified atom stereocenters. The van der Waals surface area contributed by atoms with Crippen molar-refractivity contribution in [3.05, 3.63) is 54.6 Å². The number of amides is 1. The van der Waals surface area contributed by atoms with E-state index in [9.17, 15) is 18.7 Å². The van der Waals surface area contributed by atoms with E-state index in [1.54, 1.807) is 6.20 Å². The highest BCUT2D eigenvalue weighted by Gasteiger charge is 2.14. The molecule has 3 heterocycles. The molecule has 0 radical (unpaired) electrons. The molecule has 3 aromatic heterocycles. The van der Waals surface area contributed by atoms with Gasteiger partial charge < -0.3 is 10.4 Å². The number of carbonyl (C=O) groups is 1. The lowest BCUT2D eigenvalue weighted by atomic mass is 10.3. The molecular formula is C14H10F2N6O2. The van der Waals surface area contributed by atoms with Gasteiger partial charge in [0.2, 0.25) is 11.7 Å². The summed E-state index contributed by atoms with van der Waals surface area (Å²) in [6.07, 6.45) is 2.93. The Hall–Kier alpha value is -3.43. The summed E-state index contributed by atoms with van der Waals surface area (Å²) in [5, 5.41) is 12.1. The fourth-order valence-corrected chi connectivity index (χ4v) is 1.85. The molecule has 0 aromatic carbocycles. The molecule has 0 spiro atoms. The number of hydrogen-bond donors (Lipinski definition) is 2. The second kappa shape index (κ2) is 6.36. The quantitative estimate of drug-likeness (QED) is 0.756. The van der Waals surface area contributed by atoms with E-state index in [0.717, 1.165) is 12.3 Å². The van der Waals surface area contributed by atoms with Crippen molar-refractivity contribution in [3.63, 3.8) is 0 Å². The monoisotopic (exact) mass is 332 g/mol. The van der Waals surface area contributed by atoms with Crippen molar-refractivity contribution in [3.8, 4) is 11.7 Å². The van der Waals surface area contributed by atoms with Gasteiger partial charge in [-0.1, -0.05) is 0 Å². The minimum absolute atomic E-state index is 0.195. The van der Waals surface area contributed by atoms with Crippen LogP contribution in [0.1, 0.15) is 22.7 Å². The summed E-state index contributed by atoms with van der Waals surface area (Å²) in [5.41, 5.74) is -0.204. The number of alkyl halides is 2. The van der Waals surface area contributed by atoms with Gasteiger partial charge >= 0.3 is 0 Å². The zero-order chi connectivity index (χ0) is 17.1. The van der Waals surface area contributed by atoms with E-state index in [1.165, 1.54) is 29.2 Å². The van der Waals surface area contributed by atoms with Crippen molar-refractivity contribution in [2.45, 2.75) is 6.43 Å². The normalized spacial score (nSPS) is 10.8. The second-order valence-corrected chi connectivity index (χ2v) is 4.60. The smallest absolute Gasteiger partial charge is 0.293 e. The van der Waals surface area contributed by atoms with Crippen LogP contribution in [0.25, 0.3) is 5.82 Å². The number of rotatable bonds is 4. The summed E-state index contributed by atoms with van der Waals surface area (Å²) in [4.78, 5) is 27.2. The summed E-state index contributed by atoms with van der Waals surface area (Å²) in [7, 11) is 0. The molecule has 0 saturated heterocycles. The second-order valence-electron chi connectivity index (χ2n) is 4.60. The van der Waals surface area contributed by atoms with E-state index in [2.05, 4.69) is 25.3 Å². The van der Waals surface area contributed by atoms with Gasteiger partial charge in [0, 0.05) is 18.5 Å². The highest BCUT2D eigenvalue weighted by Crippen LogP contribution is 2.18. The molecule has 0 aliphatic carbocycles. The maximum Gasteiger partial charge on any atom is 0.293 e. The largest absolute Gasteiger partial charge is 0.493 e. The average molecular weight is 332 g/mol. The van der Waals surface area contributed by atoms with E-state index >= 15 is 0 Å². The maximum atomic E-state index is 12.4. The van der Waals surface area contributed by atoms with E-state index in [0.29, 0.717) is 0 Å². The van der Waals surface area contributed by atoms with Crippen LogP contribution in [0.2, 0.25) is 0 Å². The predicted octanol–water partition coefficient (Wildman–Crippen LogP) is 1.95. The Morgan fingerprint density at radius 1 is 1.29 bits per heavy atom. The molecule has 3 aromatic rings. The van der Waals surface area contributed by atoms with Crippen LogP contribution in [0.5, 0.6) is 5.88 Å². The molecule has 10 heteroatoms. The SMILES string of the molecule is O=C(Nc1ccc(C(F)F)nc1)c1nc(O)cc(-n2ccnc2)n1. The summed E-state index contributed by atoms with van der Waals surface area (Å²) in [6.45, 7) is 0. The van der Waals surface area contributed by atoms with Gasteiger partial charge in [-0.25, -0.2) is 18.7 Å². The molecule has 1 amide bonds. The molecule has 24 heavy (non-hydrogen) atoms. The number of aromatic nitrogens is 5. The first-order chi connectivity index (χ1) is 11.5. The predicted molar refractivity (Wildman–Crippen MR) is 78.0 cm³/mol. The Bertz CT molecular complexity index is 852. The number of nitrogens with zero attached hydrogens (tertiary/aromatic N) is 5. The summed E-state index contributed by atoms with van der Waals surface area (Å²) >= 11 is 0. The van der Waals surface area contributed by atoms with Crippen molar-refractivity contribution in [2.75, 3.05) is 5.32 Å². The lowest BCUT2D eigenvalue weighted by Gasteiger charge is -2.07. The highest BCUT2D eigenvalue weighted by atomic mass is 19.3. The number of pyridine rings is 1. The van der Waals surface area contributed by atoms with E-state index in [1.807, 2.05) is 0 Å². The van der Waals surface area contributed by atoms with Crippen molar-refractivity contribution < 1.29 is 18.7 Å². The number of halogens is 2. The van der Waals surface area contributed by atoms with E-state index in [-0.39, 0.29) is 17.3 Å². The summed E-state index contributed by atoms with van der Waals surface area (Å²) in [6, 6.07) is 3.64. The van der Waals surface area contributed by atoms with Gasteiger partial charge in [-0.05, 0) is 12.1 Å². The fraction of sp³-hybridized carbons (Fsp3) is 0.0714. The van der Waals surface area contributed by atoms with Crippen LogP contribution in [-0.4, -0.2) is 35.5 Å². The van der Waals surface area contributed by atoms with Gasteiger partial charge in [0.15, 0.2) is 0 Å². The van der Waals surface area contributed by atoms with Crippen molar-refractivity contribution in [2.24, 2.45) is 0 Å². The van der Waals surface area contributed by atoms with Crippen LogP contribution in [-0.2, 0) is 0 Å². The summed E-state index contributed by atoms with van der Waals surface area (Å²) in [5.74, 6) is -1.17. The molecule has 0 aliphatic heterocycles. The fourth-order valence-electron chi connectivity index (χ4n) is 1.85. The van der Waals surface area contributed by atoms with Crippen molar-refractivity contribution in [1.29, 1.82) is 0 Å². The zero-order valence-corrected chi connectivity index (χ0v) is 12.0. The zero-order valence-electron chi connectivity index (χ0n) is 12.0. The lowest BCUT2D eigenvalue weighted by Crippen LogP contribution is -2.17. The van der Waals surface area contributed by atoms with Gasteiger partial charge in [0.05, 0.1) is 11.9 Å². The van der Waals surface area contributed by atoms with Gasteiger partial charge in [0.1, 0.15) is 17.8 Å². The van der Waals surface area contributed by atoms with Crippen LogP contribution in [0.3, 0.4) is 0 Å². The topological polar surface area (TPSA) is 106 Å². The molecule has 2 N–H and O–H groups in total. The number of nitrogens with one attached hydrogen (secondary N) is 1. The van der Waals surface area contributed by atoms with Crippen LogP contribution < -0.4 is 5.32 Å². The first-order valence-electron chi connectivity index (χ1n) is 6.65. The van der Waals surface area contributed by atoms with Gasteiger partial charge in [-0.15, -0.1) is 0 Å². The first kappa shape index (κ1) is 15.5. The number of anilines is 1. The van der Waals surface area contributed by atoms with Gasteiger partial charge in [0.25, 0.3) is 12.3 Å². The minimum Gasteiger partial charge on any atom is -0.493 e. The third-order valence-electron chi connectivity index (χ3n) is 2.94. The van der Waals surface area contributed by atoms with Crippen molar-refractivity contribution >= 4 is 11.6 Å². The number of hydrogen-bond acceptors (Lipinski definition) is 6. The van der Waals surface area contributed by atoms with E-state index in [4.69, 9.17) is 0 Å². The van der Waals surface area contributed by atoms with E-state index < -0.39 is 23.9 Å². The summed E-state index contributed by atoms with van der Waals surface area (Å²) < 4.78 is 26.4. The Balaban J connectivity index is 1.82. The number of imidazole rings is 1. The third-order valence-corrected chi connectivity index (χ3v) is 2.94. The standard InChI is InChI=1S/C14H10F2N6O2/c15-12(16)9-2-1-8(6-18-9)19-14(24)13-20-10(5-11(23)21-13)22-4-3-17-7-22/h1-7,12H,(H,19,24)(H,20,21,23). The first-order valence-corrected chi connectivity index (χ1v) is 6.65. The number of aromatic hydroxyl groups is 1. The lowest BCUT2D eigenvalue weighted by molar-refractivity contribution is 0.101. The molecule has 0 aliphatic rings. The maximum absolute atomic E-state index is 12.4. The molecule has 0 bridgehead atoms. The molecule has 122 valence electrons. The Kier molecular flexibility index (Phi) is 4.10. The van der Waals surface area contributed by atoms with Crippen molar-refractivity contribution in [1.82, 2.24) is 24.5 Å². The molecular weight excluding hydrogens is 322 g/mol. The average Bonchev–Trinajstić information content (AvgIpc) is 3.09. The van der Waals surface area contributed by atoms with Crippen LogP contribution >= 0.6 is 0 Å². The number of carbonyl (C=O) groups excluding carboxylic acids is 1. The molecule has 0 fully saturated rings. The van der Waals surface area contributed by atoms with Gasteiger partial charge in [-0.3, -0.25) is 14.3 Å². The van der Waals surface area contributed by atoms with Crippen LogP contribution in [0.15, 0.2) is 43.1 Å². The molecule has 3 rings (SSSR count). The molecule has 0 atom stereocenters. The van der Waals surface area contributed by atoms with Crippen LogP contribution in [0.4, 0.5) is 14.5 Å².